The Morgan fingerprint density at radius 1 is 1.30 bits per heavy atom. The third kappa shape index (κ3) is 4.10. The molecule has 6 nitrogen and oxygen atoms in total. The number of rotatable bonds is 5. The Balaban J connectivity index is 1.72. The molecule has 0 saturated heterocycles. The molecule has 1 atom stereocenters. The molecule has 2 aromatic heterocycles. The van der Waals surface area contributed by atoms with Gasteiger partial charge in [0.25, 0.3) is 5.78 Å². The van der Waals surface area contributed by atoms with Crippen molar-refractivity contribution in [1.29, 1.82) is 0 Å². The van der Waals surface area contributed by atoms with Gasteiger partial charge in [-0.25, -0.2) is 13.9 Å². The number of thioether (sulfide) groups is 1. The number of benzene rings is 1. The highest BCUT2D eigenvalue weighted by Crippen LogP contribution is 2.23. The lowest BCUT2D eigenvalue weighted by molar-refractivity contribution is -0.129. The van der Waals surface area contributed by atoms with Crippen molar-refractivity contribution in [1.82, 2.24) is 24.5 Å². The minimum Gasteiger partial charge on any atom is -0.340 e. The van der Waals surface area contributed by atoms with Crippen LogP contribution in [-0.4, -0.2) is 42.7 Å². The number of carbonyl (C=O) groups is 1. The highest BCUT2D eigenvalue weighted by atomic mass is 32.2. The normalized spacial score (nSPS) is 12.4. The average Bonchev–Trinajstić information content (AvgIpc) is 3.01. The summed E-state index contributed by atoms with van der Waals surface area (Å²) in [6.45, 7) is 8.08. The molecule has 142 valence electrons. The van der Waals surface area contributed by atoms with Crippen molar-refractivity contribution < 1.29 is 9.18 Å². The number of halogens is 1. The Morgan fingerprint density at radius 2 is 2.04 bits per heavy atom. The molecule has 0 unspecified atom stereocenters. The van der Waals surface area contributed by atoms with Gasteiger partial charge in [0.2, 0.25) is 11.1 Å². The highest BCUT2D eigenvalue weighted by molar-refractivity contribution is 8.00. The fourth-order valence-corrected chi connectivity index (χ4v) is 3.65. The van der Waals surface area contributed by atoms with Gasteiger partial charge in [-0.1, -0.05) is 23.9 Å². The van der Waals surface area contributed by atoms with Crippen LogP contribution in [0.1, 0.15) is 29.4 Å². The quantitative estimate of drug-likeness (QED) is 0.629. The molecule has 8 heteroatoms. The maximum atomic E-state index is 13.3. The molecule has 1 aromatic carbocycles. The molecule has 0 bridgehead atoms. The molecule has 1 amide bonds. The first kappa shape index (κ1) is 19.3. The van der Waals surface area contributed by atoms with Crippen molar-refractivity contribution >= 4 is 23.4 Å². The van der Waals surface area contributed by atoms with Crippen molar-refractivity contribution in [2.24, 2.45) is 0 Å². The molecule has 0 N–H and O–H groups in total. The summed E-state index contributed by atoms with van der Waals surface area (Å²) in [4.78, 5) is 23.1. The molecule has 0 aliphatic carbocycles. The second kappa shape index (κ2) is 7.64. The van der Waals surface area contributed by atoms with Crippen LogP contribution in [0.2, 0.25) is 0 Å². The van der Waals surface area contributed by atoms with Gasteiger partial charge in [0, 0.05) is 25.0 Å². The van der Waals surface area contributed by atoms with Crippen LogP contribution in [0.3, 0.4) is 0 Å². The third-order valence-corrected chi connectivity index (χ3v) is 5.50. The Labute approximate surface area is 161 Å². The van der Waals surface area contributed by atoms with E-state index in [9.17, 15) is 9.18 Å². The summed E-state index contributed by atoms with van der Waals surface area (Å²) in [5.74, 6) is 0.157. The summed E-state index contributed by atoms with van der Waals surface area (Å²) < 4.78 is 15.0. The molecule has 0 aliphatic heterocycles. The van der Waals surface area contributed by atoms with Crippen molar-refractivity contribution in [3.63, 3.8) is 0 Å². The number of hydrogen-bond acceptors (Lipinski definition) is 5. The van der Waals surface area contributed by atoms with E-state index in [1.807, 2.05) is 27.7 Å². The zero-order chi connectivity index (χ0) is 19.7. The predicted octanol–water partition coefficient (Wildman–Crippen LogP) is 3.33. The average molecular weight is 387 g/mol. The second-order valence-corrected chi connectivity index (χ2v) is 7.91. The first-order valence-corrected chi connectivity index (χ1v) is 9.51. The molecule has 0 aliphatic rings. The second-order valence-electron chi connectivity index (χ2n) is 6.60. The van der Waals surface area contributed by atoms with Gasteiger partial charge >= 0.3 is 0 Å². The predicted molar refractivity (Wildman–Crippen MR) is 103 cm³/mol. The molecule has 0 saturated carbocycles. The number of hydrogen-bond donors (Lipinski definition) is 0. The van der Waals surface area contributed by atoms with Gasteiger partial charge in [-0.2, -0.15) is 4.98 Å². The maximum Gasteiger partial charge on any atom is 0.253 e. The molecular formula is C19H22FN5OS. The molecule has 3 aromatic rings. The van der Waals surface area contributed by atoms with Gasteiger partial charge in [0.1, 0.15) is 5.82 Å². The number of nitrogens with zero attached hydrogens (tertiary/aromatic N) is 5. The smallest absolute Gasteiger partial charge is 0.253 e. The van der Waals surface area contributed by atoms with Crippen molar-refractivity contribution in [2.75, 3.05) is 7.05 Å². The van der Waals surface area contributed by atoms with Gasteiger partial charge in [0.05, 0.1) is 5.25 Å². The van der Waals surface area contributed by atoms with Gasteiger partial charge in [0.15, 0.2) is 0 Å². The fraction of sp³-hybridized carbons (Fsp3) is 0.368. The van der Waals surface area contributed by atoms with E-state index >= 15 is 0 Å². The van der Waals surface area contributed by atoms with Gasteiger partial charge in [-0.3, -0.25) is 4.79 Å². The summed E-state index contributed by atoms with van der Waals surface area (Å²) in [6, 6.07) is 6.26. The summed E-state index contributed by atoms with van der Waals surface area (Å²) in [5.41, 5.74) is 3.73. The van der Waals surface area contributed by atoms with E-state index in [0.717, 1.165) is 22.5 Å². The number of carbonyl (C=O) groups excluding carboxylic acids is 1. The molecule has 0 spiro atoms. The lowest BCUT2D eigenvalue weighted by atomic mass is 10.2. The summed E-state index contributed by atoms with van der Waals surface area (Å²) in [6.07, 6.45) is 0. The van der Waals surface area contributed by atoms with Crippen LogP contribution in [0.15, 0.2) is 29.4 Å². The zero-order valence-corrected chi connectivity index (χ0v) is 16.8. The number of aromatic nitrogens is 4. The minimum atomic E-state index is -0.372. The lowest BCUT2D eigenvalue weighted by Crippen LogP contribution is -2.32. The van der Waals surface area contributed by atoms with E-state index in [2.05, 4.69) is 15.1 Å². The van der Waals surface area contributed by atoms with Crippen molar-refractivity contribution in [3.8, 4) is 0 Å². The molecule has 27 heavy (non-hydrogen) atoms. The fourth-order valence-electron chi connectivity index (χ4n) is 2.79. The molecule has 0 radical (unpaired) electrons. The van der Waals surface area contributed by atoms with Crippen molar-refractivity contribution in [3.05, 3.63) is 52.6 Å². The van der Waals surface area contributed by atoms with E-state index in [0.29, 0.717) is 17.5 Å². The topological polar surface area (TPSA) is 63.4 Å². The van der Waals surface area contributed by atoms with Gasteiger partial charge in [-0.15, -0.1) is 5.10 Å². The monoisotopic (exact) mass is 387 g/mol. The first-order chi connectivity index (χ1) is 12.8. The van der Waals surface area contributed by atoms with Gasteiger partial charge < -0.3 is 4.90 Å². The number of fused-ring (bicyclic) bond motifs is 1. The van der Waals surface area contributed by atoms with Crippen LogP contribution < -0.4 is 0 Å². The van der Waals surface area contributed by atoms with Gasteiger partial charge in [-0.05, 0) is 51.0 Å². The summed E-state index contributed by atoms with van der Waals surface area (Å²) in [7, 11) is 1.71. The third-order valence-electron chi connectivity index (χ3n) is 4.56. The van der Waals surface area contributed by atoms with E-state index in [1.54, 1.807) is 28.6 Å². The largest absolute Gasteiger partial charge is 0.340 e. The Hall–Kier alpha value is -2.48. The van der Waals surface area contributed by atoms with E-state index in [4.69, 9.17) is 0 Å². The van der Waals surface area contributed by atoms with Crippen LogP contribution in [0.4, 0.5) is 4.39 Å². The Bertz CT molecular complexity index is 1000. The van der Waals surface area contributed by atoms with E-state index in [1.165, 1.54) is 23.9 Å². The molecule has 2 heterocycles. The van der Waals surface area contributed by atoms with Crippen LogP contribution in [0.25, 0.3) is 5.78 Å². The maximum absolute atomic E-state index is 13.3. The van der Waals surface area contributed by atoms with Crippen LogP contribution in [0.5, 0.6) is 0 Å². The number of aryl methyl sites for hydroxylation is 2. The SMILES string of the molecule is Cc1nc2nc(S[C@@H](C)C(=O)N(C)Cc3cccc(F)c3)nn2c(C)c1C. The number of amides is 1. The first-order valence-electron chi connectivity index (χ1n) is 8.63. The molecule has 0 fully saturated rings. The van der Waals surface area contributed by atoms with Crippen molar-refractivity contribution in [2.45, 2.75) is 44.6 Å². The van der Waals surface area contributed by atoms with Crippen LogP contribution >= 0.6 is 11.8 Å². The highest BCUT2D eigenvalue weighted by Gasteiger charge is 2.22. The molecular weight excluding hydrogens is 365 g/mol. The van der Waals surface area contributed by atoms with E-state index < -0.39 is 0 Å². The standard InChI is InChI=1S/C19H22FN5OS/c1-11-12(2)21-18-22-19(23-25(18)13(11)3)27-14(4)17(26)24(5)10-15-7-6-8-16(20)9-15/h6-9,14H,10H2,1-5H3/t14-/m0/s1. The van der Waals surface area contributed by atoms with E-state index in [-0.39, 0.29) is 17.0 Å². The Morgan fingerprint density at radius 3 is 2.74 bits per heavy atom. The summed E-state index contributed by atoms with van der Waals surface area (Å²) in [5, 5.41) is 4.62. The zero-order valence-electron chi connectivity index (χ0n) is 16.0. The minimum absolute atomic E-state index is 0.0693. The van der Waals surface area contributed by atoms with Crippen LogP contribution in [0, 0.1) is 26.6 Å². The summed E-state index contributed by atoms with van der Waals surface area (Å²) >= 11 is 1.29. The van der Waals surface area contributed by atoms with Crippen LogP contribution in [-0.2, 0) is 11.3 Å². The molecule has 3 rings (SSSR count). The Kier molecular flexibility index (Phi) is 5.46. The lowest BCUT2D eigenvalue weighted by Gasteiger charge is -2.20.